The molecule has 124 valence electrons. The van der Waals surface area contributed by atoms with Crippen LogP contribution in [0.25, 0.3) is 11.1 Å². The van der Waals surface area contributed by atoms with Crippen LogP contribution in [0.15, 0.2) is 36.4 Å². The summed E-state index contributed by atoms with van der Waals surface area (Å²) in [6.07, 6.45) is -0.0477. The number of hydrogen-bond acceptors (Lipinski definition) is 3. The van der Waals surface area contributed by atoms with Gasteiger partial charge in [-0.1, -0.05) is 35.3 Å². The van der Waals surface area contributed by atoms with Gasteiger partial charge in [0.2, 0.25) is 0 Å². The molecule has 4 nitrogen and oxygen atoms in total. The van der Waals surface area contributed by atoms with E-state index < -0.39 is 5.97 Å². The minimum absolute atomic E-state index is 0. The Labute approximate surface area is 150 Å². The lowest BCUT2D eigenvalue weighted by atomic mass is 9.92. The van der Waals surface area contributed by atoms with Crippen LogP contribution in [0, 0.1) is 0 Å². The van der Waals surface area contributed by atoms with E-state index in [9.17, 15) is 9.90 Å². The van der Waals surface area contributed by atoms with Crippen molar-refractivity contribution in [1.29, 1.82) is 0 Å². The van der Waals surface area contributed by atoms with Crippen LogP contribution in [-0.2, 0) is 4.79 Å². The van der Waals surface area contributed by atoms with E-state index in [0.717, 1.165) is 11.1 Å². The summed E-state index contributed by atoms with van der Waals surface area (Å²) in [5.74, 6) is -1.20. The maximum atomic E-state index is 10.9. The second kappa shape index (κ2) is 8.41. The molecule has 0 aliphatic rings. The summed E-state index contributed by atoms with van der Waals surface area (Å²) < 4.78 is 0. The third-order valence-electron chi connectivity index (χ3n) is 3.43. The second-order valence-electron chi connectivity index (χ2n) is 4.94. The van der Waals surface area contributed by atoms with E-state index in [0.29, 0.717) is 10.6 Å². The zero-order valence-electron chi connectivity index (χ0n) is 12.0. The predicted molar refractivity (Wildman–Crippen MR) is 94.9 cm³/mol. The van der Waals surface area contributed by atoms with Crippen molar-refractivity contribution in [3.63, 3.8) is 0 Å². The number of aromatic hydroxyl groups is 1. The maximum Gasteiger partial charge on any atom is 0.304 e. The first kappa shape index (κ1) is 19.6. The smallest absolute Gasteiger partial charge is 0.304 e. The van der Waals surface area contributed by atoms with Crippen LogP contribution in [0.5, 0.6) is 5.75 Å². The van der Waals surface area contributed by atoms with Gasteiger partial charge in [0.1, 0.15) is 5.75 Å². The second-order valence-corrected chi connectivity index (χ2v) is 5.75. The molecular weight excluding hydrogens is 361 g/mol. The molecule has 2 aromatic carbocycles. The largest absolute Gasteiger partial charge is 0.506 e. The highest BCUT2D eigenvalue weighted by Crippen LogP contribution is 2.35. The molecule has 1 atom stereocenters. The molecule has 0 bridgehead atoms. The number of carboxylic acid groups (broad SMARTS) is 1. The Balaban J connectivity index is 0.00000264. The highest BCUT2D eigenvalue weighted by Gasteiger charge is 2.16. The number of carbonyl (C=O) groups is 1. The number of hydrogen-bond donors (Lipinski definition) is 3. The molecule has 0 spiro atoms. The molecule has 23 heavy (non-hydrogen) atoms. The highest BCUT2D eigenvalue weighted by molar-refractivity contribution is 6.34. The molecule has 0 unspecified atom stereocenters. The van der Waals surface area contributed by atoms with E-state index >= 15 is 0 Å². The zero-order chi connectivity index (χ0) is 16.3. The van der Waals surface area contributed by atoms with Gasteiger partial charge in [-0.2, -0.15) is 0 Å². The molecule has 0 aliphatic heterocycles. The van der Waals surface area contributed by atoms with Gasteiger partial charge in [-0.05, 0) is 41.9 Å². The van der Waals surface area contributed by atoms with Crippen molar-refractivity contribution < 1.29 is 15.0 Å². The van der Waals surface area contributed by atoms with Crippen LogP contribution in [-0.4, -0.2) is 22.7 Å². The first-order chi connectivity index (χ1) is 10.4. The monoisotopic (exact) mass is 375 g/mol. The normalized spacial score (nSPS) is 11.6. The van der Waals surface area contributed by atoms with Crippen molar-refractivity contribution >= 4 is 41.6 Å². The molecular formula is C16H16Cl3NO3. The quantitative estimate of drug-likeness (QED) is 0.726. The fourth-order valence-corrected chi connectivity index (χ4v) is 2.65. The number of nitrogens with two attached hydrogens (primary N) is 1. The number of benzene rings is 2. The molecule has 2 rings (SSSR count). The van der Waals surface area contributed by atoms with E-state index in [1.54, 1.807) is 24.3 Å². The molecule has 0 aromatic heterocycles. The molecule has 0 radical (unpaired) electrons. The topological polar surface area (TPSA) is 83.6 Å². The van der Waals surface area contributed by atoms with Gasteiger partial charge in [-0.25, -0.2) is 0 Å². The number of carboxylic acids is 1. The summed E-state index contributed by atoms with van der Waals surface area (Å²) in [4.78, 5) is 10.9. The van der Waals surface area contributed by atoms with Gasteiger partial charge in [-0.15, -0.1) is 12.4 Å². The van der Waals surface area contributed by atoms with E-state index in [2.05, 4.69) is 0 Å². The van der Waals surface area contributed by atoms with Crippen LogP contribution >= 0.6 is 35.6 Å². The molecule has 7 heteroatoms. The molecule has 4 N–H and O–H groups in total. The van der Waals surface area contributed by atoms with Gasteiger partial charge in [0.25, 0.3) is 0 Å². The Hall–Kier alpha value is -1.46. The van der Waals surface area contributed by atoms with Crippen LogP contribution in [0.3, 0.4) is 0 Å². The average molecular weight is 377 g/mol. The fourth-order valence-electron chi connectivity index (χ4n) is 2.24. The standard InChI is InChI=1S/C16H15Cl2NO3.ClH/c17-13-3-1-9(11(8-19)7-16(21)22)5-12(13)10-2-4-15(20)14(18)6-10;/h1-6,11,20H,7-8,19H2,(H,21,22);1H/t11-;/m0./s1. The van der Waals surface area contributed by atoms with Crippen molar-refractivity contribution in [2.75, 3.05) is 6.54 Å². The van der Waals surface area contributed by atoms with Crippen LogP contribution in [0.1, 0.15) is 17.9 Å². The van der Waals surface area contributed by atoms with Crippen molar-refractivity contribution in [3.8, 4) is 16.9 Å². The number of phenolic OH excluding ortho intramolecular Hbond substituents is 1. The van der Waals surface area contributed by atoms with E-state index in [-0.39, 0.29) is 42.1 Å². The molecule has 0 amide bonds. The molecule has 2 aromatic rings. The van der Waals surface area contributed by atoms with Crippen molar-refractivity contribution in [2.24, 2.45) is 5.73 Å². The maximum absolute atomic E-state index is 10.9. The van der Waals surface area contributed by atoms with Crippen LogP contribution < -0.4 is 5.73 Å². The average Bonchev–Trinajstić information content (AvgIpc) is 2.48. The highest BCUT2D eigenvalue weighted by atomic mass is 35.5. The first-order valence-corrected chi connectivity index (χ1v) is 7.38. The Morgan fingerprint density at radius 3 is 2.39 bits per heavy atom. The van der Waals surface area contributed by atoms with E-state index in [1.165, 1.54) is 6.07 Å². The van der Waals surface area contributed by atoms with Gasteiger partial charge in [0.05, 0.1) is 11.4 Å². The lowest BCUT2D eigenvalue weighted by molar-refractivity contribution is -0.137. The Morgan fingerprint density at radius 1 is 1.13 bits per heavy atom. The zero-order valence-corrected chi connectivity index (χ0v) is 14.3. The summed E-state index contributed by atoms with van der Waals surface area (Å²) in [5, 5.41) is 19.2. The van der Waals surface area contributed by atoms with Gasteiger partial charge < -0.3 is 15.9 Å². The molecule has 0 heterocycles. The van der Waals surface area contributed by atoms with E-state index in [1.807, 2.05) is 6.07 Å². The van der Waals surface area contributed by atoms with Crippen molar-refractivity contribution in [2.45, 2.75) is 12.3 Å². The van der Waals surface area contributed by atoms with Gasteiger partial charge in [-0.3, -0.25) is 4.79 Å². The van der Waals surface area contributed by atoms with E-state index in [4.69, 9.17) is 34.0 Å². The summed E-state index contributed by atoms with van der Waals surface area (Å²) in [6.45, 7) is 0.226. The Morgan fingerprint density at radius 2 is 1.83 bits per heavy atom. The number of phenols is 1. The molecule has 0 saturated carbocycles. The Kier molecular flexibility index (Phi) is 7.16. The SMILES string of the molecule is Cl.NC[C@H](CC(=O)O)c1ccc(Cl)c(-c2ccc(O)c(Cl)c2)c1. The summed E-state index contributed by atoms with van der Waals surface area (Å²) in [6, 6.07) is 10.1. The van der Waals surface area contributed by atoms with Crippen LogP contribution in [0.2, 0.25) is 10.0 Å². The summed E-state index contributed by atoms with van der Waals surface area (Å²) >= 11 is 12.1. The summed E-state index contributed by atoms with van der Waals surface area (Å²) in [7, 11) is 0. The first-order valence-electron chi connectivity index (χ1n) is 6.62. The molecule has 0 fully saturated rings. The van der Waals surface area contributed by atoms with Gasteiger partial charge >= 0.3 is 5.97 Å². The number of rotatable bonds is 5. The lowest BCUT2D eigenvalue weighted by Crippen LogP contribution is -2.16. The minimum Gasteiger partial charge on any atom is -0.506 e. The third kappa shape index (κ3) is 4.75. The predicted octanol–water partition coefficient (Wildman–Crippen LogP) is 4.30. The minimum atomic E-state index is -0.903. The number of aliphatic carboxylic acids is 1. The van der Waals surface area contributed by atoms with Gasteiger partial charge in [0.15, 0.2) is 0 Å². The Bertz CT molecular complexity index is 707. The lowest BCUT2D eigenvalue weighted by Gasteiger charge is -2.15. The van der Waals surface area contributed by atoms with Gasteiger partial charge in [0, 0.05) is 16.5 Å². The molecule has 0 saturated heterocycles. The van der Waals surface area contributed by atoms with Crippen molar-refractivity contribution in [3.05, 3.63) is 52.0 Å². The fraction of sp³-hybridized carbons (Fsp3) is 0.188. The summed E-state index contributed by atoms with van der Waals surface area (Å²) in [5.41, 5.74) is 7.92. The van der Waals surface area contributed by atoms with Crippen molar-refractivity contribution in [1.82, 2.24) is 0 Å². The van der Waals surface area contributed by atoms with Crippen LogP contribution in [0.4, 0.5) is 0 Å². The third-order valence-corrected chi connectivity index (χ3v) is 4.06. The molecule has 0 aliphatic carbocycles. The number of halogens is 3.